The number of hydrogen-bond acceptors (Lipinski definition) is 5. The number of hydrogen-bond donors (Lipinski definition) is 3. The van der Waals surface area contributed by atoms with Gasteiger partial charge in [-0.2, -0.15) is 0 Å². The molecule has 2 aromatic rings. The van der Waals surface area contributed by atoms with Crippen molar-refractivity contribution in [3.05, 3.63) is 59.2 Å². The second-order valence-corrected chi connectivity index (χ2v) is 8.15. The minimum atomic E-state index is -0.356. The summed E-state index contributed by atoms with van der Waals surface area (Å²) in [6, 6.07) is 9.66. The summed E-state index contributed by atoms with van der Waals surface area (Å²) in [7, 11) is 0. The lowest BCUT2D eigenvalue weighted by molar-refractivity contribution is 0.400. The van der Waals surface area contributed by atoms with Crippen molar-refractivity contribution in [2.24, 2.45) is 28.5 Å². The van der Waals surface area contributed by atoms with Crippen LogP contribution in [0.4, 0.5) is 10.1 Å². The molecule has 0 saturated carbocycles. The molecule has 1 aliphatic rings. The molecule has 1 aromatic carbocycles. The van der Waals surface area contributed by atoms with Crippen molar-refractivity contribution >= 4 is 11.5 Å². The number of nitrogens with zero attached hydrogens (tertiary/aromatic N) is 3. The molecule has 0 amide bonds. The van der Waals surface area contributed by atoms with Crippen LogP contribution in [0.15, 0.2) is 41.6 Å². The highest BCUT2D eigenvalue weighted by molar-refractivity contribution is 6.02. The Morgan fingerprint density at radius 1 is 1.31 bits per heavy atom. The van der Waals surface area contributed by atoms with E-state index in [1.165, 1.54) is 0 Å². The largest absolute Gasteiger partial charge is 0.382 e. The molecule has 1 fully saturated rings. The van der Waals surface area contributed by atoms with E-state index in [9.17, 15) is 4.39 Å². The average molecular weight is 399 g/mol. The van der Waals surface area contributed by atoms with Crippen LogP contribution in [0.3, 0.4) is 0 Å². The van der Waals surface area contributed by atoms with Crippen molar-refractivity contribution in [2.75, 3.05) is 18.0 Å². The minimum Gasteiger partial charge on any atom is -0.382 e. The second kappa shape index (κ2) is 9.69. The van der Waals surface area contributed by atoms with E-state index in [-0.39, 0.29) is 11.7 Å². The summed E-state index contributed by atoms with van der Waals surface area (Å²) in [5.74, 6) is 5.99. The molecule has 5 N–H and O–H groups in total. The van der Waals surface area contributed by atoms with E-state index in [1.54, 1.807) is 6.07 Å². The lowest BCUT2D eigenvalue weighted by atomic mass is 9.91. The smallest absolute Gasteiger partial charge is 0.157 e. The van der Waals surface area contributed by atoms with E-state index < -0.39 is 0 Å². The van der Waals surface area contributed by atoms with Crippen LogP contribution in [0, 0.1) is 17.7 Å². The number of anilines is 1. The summed E-state index contributed by atoms with van der Waals surface area (Å²) in [5.41, 5.74) is 11.4. The first-order valence-corrected chi connectivity index (χ1v) is 10.2. The minimum absolute atomic E-state index is 0.0618. The lowest BCUT2D eigenvalue weighted by Gasteiger charge is -2.35. The normalized spacial score (nSPS) is 15.8. The fourth-order valence-corrected chi connectivity index (χ4v) is 4.06. The molecule has 0 aliphatic carbocycles. The van der Waals surface area contributed by atoms with E-state index in [1.807, 2.05) is 18.3 Å². The molecule has 0 bridgehead atoms. The standard InChI is InChI=1S/C22H31FN6/c1-15(2)11-17-13-19(23)21(22(24)27-28-25)20(14-17)29-9-6-16(7-10-29)12-18-5-3-4-8-26-18/h3-5,8,13-16,28H,6-7,9-12,25H2,1-2H3,(H2,24,27). The van der Waals surface area contributed by atoms with E-state index in [2.05, 4.69) is 46.5 Å². The van der Waals surface area contributed by atoms with Crippen molar-refractivity contribution < 1.29 is 4.39 Å². The number of pyridine rings is 1. The molecule has 1 aliphatic heterocycles. The van der Waals surface area contributed by atoms with Crippen molar-refractivity contribution in [1.82, 2.24) is 10.5 Å². The van der Waals surface area contributed by atoms with Gasteiger partial charge in [0.2, 0.25) is 0 Å². The van der Waals surface area contributed by atoms with Crippen LogP contribution < -0.4 is 22.0 Å². The van der Waals surface area contributed by atoms with Crippen LogP contribution >= 0.6 is 0 Å². The SMILES string of the molecule is CC(C)Cc1cc(F)c(/C(N)=N/NN)c(N2CCC(Cc3ccccn3)CC2)c1. The molecule has 29 heavy (non-hydrogen) atoms. The monoisotopic (exact) mass is 398 g/mol. The summed E-state index contributed by atoms with van der Waals surface area (Å²) in [6.07, 6.45) is 5.68. The van der Waals surface area contributed by atoms with Gasteiger partial charge < -0.3 is 10.6 Å². The van der Waals surface area contributed by atoms with Crippen LogP contribution in [0.1, 0.15) is 43.5 Å². The molecule has 156 valence electrons. The van der Waals surface area contributed by atoms with Gasteiger partial charge in [-0.05, 0) is 67.3 Å². The highest BCUT2D eigenvalue weighted by atomic mass is 19.1. The van der Waals surface area contributed by atoms with Gasteiger partial charge in [0, 0.05) is 25.0 Å². The van der Waals surface area contributed by atoms with E-state index in [0.29, 0.717) is 17.4 Å². The van der Waals surface area contributed by atoms with Crippen molar-refractivity contribution in [1.29, 1.82) is 0 Å². The van der Waals surface area contributed by atoms with Gasteiger partial charge in [0.1, 0.15) is 5.82 Å². The number of piperidine rings is 1. The van der Waals surface area contributed by atoms with Crippen molar-refractivity contribution in [3.63, 3.8) is 0 Å². The molecule has 6 nitrogen and oxygen atoms in total. The molecule has 0 unspecified atom stereocenters. The van der Waals surface area contributed by atoms with Gasteiger partial charge in [0.25, 0.3) is 0 Å². The van der Waals surface area contributed by atoms with Crippen LogP contribution in [0.5, 0.6) is 0 Å². The zero-order chi connectivity index (χ0) is 20.8. The summed E-state index contributed by atoms with van der Waals surface area (Å²) in [4.78, 5) is 6.66. The van der Waals surface area contributed by atoms with Gasteiger partial charge in [-0.15, -0.1) is 5.10 Å². The third-order valence-electron chi connectivity index (χ3n) is 5.39. The Labute approximate surface area is 172 Å². The molecule has 1 saturated heterocycles. The molecule has 3 rings (SSSR count). The first-order valence-electron chi connectivity index (χ1n) is 10.2. The van der Waals surface area contributed by atoms with Crippen molar-refractivity contribution in [2.45, 2.75) is 39.5 Å². The van der Waals surface area contributed by atoms with Gasteiger partial charge >= 0.3 is 0 Å². The van der Waals surface area contributed by atoms with Crippen LogP contribution in [0.2, 0.25) is 0 Å². The Hall–Kier alpha value is -2.67. The van der Waals surface area contributed by atoms with Gasteiger partial charge in [-0.3, -0.25) is 4.98 Å². The Bertz CT molecular complexity index is 829. The van der Waals surface area contributed by atoms with Crippen LogP contribution in [-0.2, 0) is 12.8 Å². The fraction of sp³-hybridized carbons (Fsp3) is 0.455. The van der Waals surface area contributed by atoms with Crippen molar-refractivity contribution in [3.8, 4) is 0 Å². The van der Waals surface area contributed by atoms with E-state index in [0.717, 1.165) is 55.7 Å². The van der Waals surface area contributed by atoms with Crippen LogP contribution in [0.25, 0.3) is 0 Å². The summed E-state index contributed by atoms with van der Waals surface area (Å²) >= 11 is 0. The van der Waals surface area contributed by atoms with E-state index in [4.69, 9.17) is 11.6 Å². The number of halogens is 1. The number of hydrazone groups is 1. The Balaban J connectivity index is 1.81. The van der Waals surface area contributed by atoms with Gasteiger partial charge in [-0.1, -0.05) is 19.9 Å². The zero-order valence-electron chi connectivity index (χ0n) is 17.2. The molecule has 1 aromatic heterocycles. The predicted molar refractivity (Wildman–Crippen MR) is 116 cm³/mol. The Morgan fingerprint density at radius 2 is 2.07 bits per heavy atom. The molecule has 0 atom stereocenters. The molecular weight excluding hydrogens is 367 g/mol. The molecule has 7 heteroatoms. The highest BCUT2D eigenvalue weighted by Crippen LogP contribution is 2.31. The number of amidine groups is 1. The first-order chi connectivity index (χ1) is 14.0. The number of aromatic nitrogens is 1. The molecule has 0 radical (unpaired) electrons. The lowest BCUT2D eigenvalue weighted by Crippen LogP contribution is -2.36. The van der Waals surface area contributed by atoms with Gasteiger partial charge in [0.15, 0.2) is 5.84 Å². The topological polar surface area (TPSA) is 92.6 Å². The Kier molecular flexibility index (Phi) is 7.04. The number of hydrazine groups is 1. The third-order valence-corrected chi connectivity index (χ3v) is 5.39. The number of rotatable bonds is 7. The molecular formula is C22H31FN6. The second-order valence-electron chi connectivity index (χ2n) is 8.15. The van der Waals surface area contributed by atoms with Gasteiger partial charge in [0.05, 0.1) is 11.3 Å². The maximum Gasteiger partial charge on any atom is 0.157 e. The quantitative estimate of drug-likeness (QED) is 0.289. The van der Waals surface area contributed by atoms with Gasteiger partial charge in [-0.25, -0.2) is 15.8 Å². The van der Waals surface area contributed by atoms with Crippen LogP contribution in [-0.4, -0.2) is 23.9 Å². The fourth-order valence-electron chi connectivity index (χ4n) is 4.06. The summed E-state index contributed by atoms with van der Waals surface area (Å²) in [6.45, 7) is 5.95. The number of nitrogens with two attached hydrogens (primary N) is 2. The zero-order valence-corrected chi connectivity index (χ0v) is 17.2. The summed E-state index contributed by atoms with van der Waals surface area (Å²) in [5, 5.41) is 3.82. The van der Waals surface area contributed by atoms with E-state index >= 15 is 0 Å². The first kappa shape index (κ1) is 21.0. The summed E-state index contributed by atoms with van der Waals surface area (Å²) < 4.78 is 15.0. The molecule has 0 spiro atoms. The maximum absolute atomic E-state index is 15.0. The Morgan fingerprint density at radius 3 is 2.69 bits per heavy atom. The predicted octanol–water partition coefficient (Wildman–Crippen LogP) is 2.96. The number of nitrogens with one attached hydrogen (secondary N) is 1. The number of benzene rings is 1. The molecule has 2 heterocycles. The highest BCUT2D eigenvalue weighted by Gasteiger charge is 2.25. The third kappa shape index (κ3) is 5.44. The maximum atomic E-state index is 15.0. The average Bonchev–Trinajstić information content (AvgIpc) is 2.68.